The maximum atomic E-state index is 13.6. The van der Waals surface area contributed by atoms with Gasteiger partial charge in [0.2, 0.25) is 0 Å². The molecule has 0 saturated carbocycles. The fraction of sp³-hybridized carbons (Fsp3) is 0.133. The molecule has 4 rings (SSSR count). The van der Waals surface area contributed by atoms with Crippen LogP contribution in [-0.2, 0) is 21.4 Å². The van der Waals surface area contributed by atoms with Crippen LogP contribution in [0.5, 0.6) is 11.5 Å². The van der Waals surface area contributed by atoms with Gasteiger partial charge in [0.15, 0.2) is 11.5 Å². The molecular formula is C30H25BrCl3N3O5S. The molecule has 0 atom stereocenters. The molecule has 43 heavy (non-hydrogen) atoms. The van der Waals surface area contributed by atoms with E-state index in [1.165, 1.54) is 31.5 Å². The molecule has 13 heteroatoms. The van der Waals surface area contributed by atoms with Gasteiger partial charge in [-0.25, -0.2) is 13.8 Å². The minimum Gasteiger partial charge on any atom is -0.493 e. The van der Waals surface area contributed by atoms with Gasteiger partial charge in [-0.05, 0) is 88.1 Å². The lowest BCUT2D eigenvalue weighted by Crippen LogP contribution is -2.40. The molecule has 0 heterocycles. The Morgan fingerprint density at radius 3 is 2.44 bits per heavy atom. The number of nitrogens with one attached hydrogen (secondary N) is 1. The standard InChI is InChI=1S/C30H25BrCl3N3O5S/c1-19-8-10-22(32)15-27(19)37(43(39,40)23-6-4-3-5-7-23)17-29(38)36-35-16-21-12-24(31)30(28(14-21)41-2)42-18-20-9-11-25(33)26(34)13-20/h3-16H,17-18H2,1-2H3,(H,36,38)/b35-16-. The first kappa shape index (κ1) is 32.6. The van der Waals surface area contributed by atoms with Gasteiger partial charge in [0, 0.05) is 5.02 Å². The van der Waals surface area contributed by atoms with E-state index < -0.39 is 22.5 Å². The van der Waals surface area contributed by atoms with Gasteiger partial charge in [-0.1, -0.05) is 65.1 Å². The van der Waals surface area contributed by atoms with Gasteiger partial charge < -0.3 is 9.47 Å². The van der Waals surface area contributed by atoms with Gasteiger partial charge in [-0.15, -0.1) is 0 Å². The van der Waals surface area contributed by atoms with Crippen molar-refractivity contribution in [2.24, 2.45) is 5.10 Å². The largest absolute Gasteiger partial charge is 0.493 e. The van der Waals surface area contributed by atoms with Crippen molar-refractivity contribution >= 4 is 78.6 Å². The van der Waals surface area contributed by atoms with E-state index in [4.69, 9.17) is 44.3 Å². The van der Waals surface area contributed by atoms with Crippen LogP contribution in [0.25, 0.3) is 0 Å². The number of hydrogen-bond donors (Lipinski definition) is 1. The number of sulfonamides is 1. The number of carbonyl (C=O) groups is 1. The van der Waals surface area contributed by atoms with Crippen molar-refractivity contribution in [1.82, 2.24) is 5.43 Å². The quantitative estimate of drug-likeness (QED) is 0.127. The average Bonchev–Trinajstić information content (AvgIpc) is 2.98. The molecular weight excluding hydrogens is 701 g/mol. The summed E-state index contributed by atoms with van der Waals surface area (Å²) in [5.41, 5.74) is 4.69. The maximum absolute atomic E-state index is 13.6. The molecule has 8 nitrogen and oxygen atoms in total. The molecule has 0 saturated heterocycles. The van der Waals surface area contributed by atoms with Gasteiger partial charge in [0.05, 0.1) is 38.4 Å². The number of halogens is 4. The van der Waals surface area contributed by atoms with Crippen LogP contribution >= 0.6 is 50.7 Å². The number of anilines is 1. The number of ether oxygens (including phenoxy) is 2. The molecule has 0 aliphatic carbocycles. The Hall–Kier alpha value is -3.28. The Morgan fingerprint density at radius 1 is 1.00 bits per heavy atom. The Morgan fingerprint density at radius 2 is 1.74 bits per heavy atom. The minimum atomic E-state index is -4.10. The first-order valence-electron chi connectivity index (χ1n) is 12.6. The number of nitrogens with zero attached hydrogens (tertiary/aromatic N) is 2. The summed E-state index contributed by atoms with van der Waals surface area (Å²) in [4.78, 5) is 13.0. The van der Waals surface area contributed by atoms with Crippen molar-refractivity contribution in [3.05, 3.63) is 115 Å². The van der Waals surface area contributed by atoms with Gasteiger partial charge in [-0.2, -0.15) is 5.10 Å². The normalized spacial score (nSPS) is 11.4. The van der Waals surface area contributed by atoms with Crippen molar-refractivity contribution in [3.8, 4) is 11.5 Å². The molecule has 4 aromatic rings. The van der Waals surface area contributed by atoms with Crippen LogP contribution in [0.3, 0.4) is 0 Å². The van der Waals surface area contributed by atoms with E-state index in [-0.39, 0.29) is 17.2 Å². The average molecular weight is 726 g/mol. The summed E-state index contributed by atoms with van der Waals surface area (Å²) in [5, 5.41) is 5.23. The number of aryl methyl sites for hydroxylation is 1. The third kappa shape index (κ3) is 8.21. The number of rotatable bonds is 11. The highest BCUT2D eigenvalue weighted by atomic mass is 79.9. The van der Waals surface area contributed by atoms with E-state index in [0.717, 1.165) is 9.87 Å². The molecule has 0 bridgehead atoms. The van der Waals surface area contributed by atoms with Crippen LogP contribution in [0.4, 0.5) is 5.69 Å². The topological polar surface area (TPSA) is 97.3 Å². The van der Waals surface area contributed by atoms with Crippen molar-refractivity contribution in [3.63, 3.8) is 0 Å². The molecule has 0 unspecified atom stereocenters. The van der Waals surface area contributed by atoms with E-state index in [1.807, 2.05) is 0 Å². The van der Waals surface area contributed by atoms with Crippen LogP contribution in [0.2, 0.25) is 15.1 Å². The fourth-order valence-electron chi connectivity index (χ4n) is 3.95. The minimum absolute atomic E-state index is 0.0316. The summed E-state index contributed by atoms with van der Waals surface area (Å²) in [6.07, 6.45) is 1.40. The third-order valence-electron chi connectivity index (χ3n) is 6.08. The second-order valence-corrected chi connectivity index (χ2v) is 13.1. The molecule has 0 spiro atoms. The molecule has 0 aliphatic rings. The predicted octanol–water partition coefficient (Wildman–Crippen LogP) is 7.65. The van der Waals surface area contributed by atoms with Gasteiger partial charge in [0.25, 0.3) is 15.9 Å². The summed E-state index contributed by atoms with van der Waals surface area (Å²) in [5.74, 6) is 0.204. The van der Waals surface area contributed by atoms with Crippen LogP contribution in [0.15, 0.2) is 93.3 Å². The van der Waals surface area contributed by atoms with E-state index >= 15 is 0 Å². The molecule has 0 aliphatic heterocycles. The van der Waals surface area contributed by atoms with Crippen molar-refractivity contribution in [1.29, 1.82) is 0 Å². The Kier molecular flexibility index (Phi) is 11.0. The molecule has 1 amide bonds. The number of benzene rings is 4. The molecule has 1 N–H and O–H groups in total. The van der Waals surface area contributed by atoms with Crippen LogP contribution in [0, 0.1) is 6.92 Å². The Bertz CT molecular complexity index is 1770. The zero-order valence-corrected chi connectivity index (χ0v) is 27.5. The van der Waals surface area contributed by atoms with Crippen LogP contribution in [-0.4, -0.2) is 34.2 Å². The number of carbonyl (C=O) groups excluding carboxylic acids is 1. The lowest BCUT2D eigenvalue weighted by molar-refractivity contribution is -0.119. The second kappa shape index (κ2) is 14.5. The summed E-state index contributed by atoms with van der Waals surface area (Å²) in [6.45, 7) is 1.41. The molecule has 4 aromatic carbocycles. The number of methoxy groups -OCH3 is 1. The monoisotopic (exact) mass is 723 g/mol. The molecule has 0 radical (unpaired) electrons. The lowest BCUT2D eigenvalue weighted by Gasteiger charge is -2.25. The van der Waals surface area contributed by atoms with Crippen molar-refractivity contribution in [2.75, 3.05) is 18.0 Å². The van der Waals surface area contributed by atoms with Gasteiger partial charge in [-0.3, -0.25) is 9.10 Å². The molecule has 0 aromatic heterocycles. The number of amides is 1. The highest BCUT2D eigenvalue weighted by Crippen LogP contribution is 2.37. The highest BCUT2D eigenvalue weighted by Gasteiger charge is 2.28. The predicted molar refractivity (Wildman–Crippen MR) is 174 cm³/mol. The lowest BCUT2D eigenvalue weighted by atomic mass is 10.2. The van der Waals surface area contributed by atoms with Crippen molar-refractivity contribution in [2.45, 2.75) is 18.4 Å². The van der Waals surface area contributed by atoms with Crippen molar-refractivity contribution < 1.29 is 22.7 Å². The van der Waals surface area contributed by atoms with Gasteiger partial charge in [0.1, 0.15) is 13.2 Å². The summed E-state index contributed by atoms with van der Waals surface area (Å²) >= 11 is 21.7. The van der Waals surface area contributed by atoms with Crippen LogP contribution < -0.4 is 19.2 Å². The van der Waals surface area contributed by atoms with Crippen LogP contribution in [0.1, 0.15) is 16.7 Å². The fourth-order valence-corrected chi connectivity index (χ4v) is 6.51. The highest BCUT2D eigenvalue weighted by molar-refractivity contribution is 9.10. The first-order valence-corrected chi connectivity index (χ1v) is 16.0. The van der Waals surface area contributed by atoms with Gasteiger partial charge >= 0.3 is 0 Å². The third-order valence-corrected chi connectivity index (χ3v) is 9.42. The molecule has 224 valence electrons. The SMILES string of the molecule is COc1cc(/C=N\NC(=O)CN(c2cc(Cl)ccc2C)S(=O)(=O)c2ccccc2)cc(Br)c1OCc1ccc(Cl)c(Cl)c1. The zero-order chi connectivity index (χ0) is 31.1. The maximum Gasteiger partial charge on any atom is 0.264 e. The number of hydrogen-bond acceptors (Lipinski definition) is 6. The first-order chi connectivity index (χ1) is 20.5. The van der Waals surface area contributed by atoms with E-state index in [9.17, 15) is 13.2 Å². The molecule has 0 fully saturated rings. The summed E-state index contributed by atoms with van der Waals surface area (Å²) in [6, 6.07) is 21.3. The Labute approximate surface area is 273 Å². The summed E-state index contributed by atoms with van der Waals surface area (Å²) in [7, 11) is -2.61. The smallest absolute Gasteiger partial charge is 0.264 e. The van der Waals surface area contributed by atoms with E-state index in [0.29, 0.717) is 42.2 Å². The van der Waals surface area contributed by atoms with E-state index in [2.05, 4.69) is 26.5 Å². The second-order valence-electron chi connectivity index (χ2n) is 9.12. The zero-order valence-electron chi connectivity index (χ0n) is 22.9. The van der Waals surface area contributed by atoms with E-state index in [1.54, 1.807) is 67.6 Å². The summed E-state index contributed by atoms with van der Waals surface area (Å²) < 4.78 is 40.2. The Balaban J connectivity index is 1.50. The number of hydrazone groups is 1.